The van der Waals surface area contributed by atoms with Crippen LogP contribution in [0.2, 0.25) is 0 Å². The van der Waals surface area contributed by atoms with Crippen LogP contribution in [0.5, 0.6) is 34.5 Å². The fourth-order valence-electron chi connectivity index (χ4n) is 9.57. The molecule has 6 heteroatoms. The minimum Gasteiger partial charge on any atom is -0.508 e. The van der Waals surface area contributed by atoms with Crippen molar-refractivity contribution in [2.24, 2.45) is 0 Å². The normalized spacial score (nSPS) is 12.0. The van der Waals surface area contributed by atoms with E-state index in [4.69, 9.17) is 0 Å². The number of aromatic hydroxyl groups is 6. The van der Waals surface area contributed by atoms with Crippen molar-refractivity contribution in [2.45, 2.75) is 50.9 Å². The predicted octanol–water partition coefficient (Wildman–Crippen LogP) is 12.6. The molecule has 0 radical (unpaired) electrons. The molecule has 8 aromatic rings. The standard InChI is InChI=1S/C56H50O6/c1-35-49(36-11-23-43(57)24-12-36)51(54(2,3)38-15-27-45(59)28-16-38)53(52(50(35)37-13-25-44(58)26-14-37)55(4,5)39-17-29-46(60)30-18-39)56(40-9-7-6-8-10-40,41-19-31-47(61)32-20-41)42-21-33-48(62)34-22-42/h6-34,57-62H,1-5H3. The van der Waals surface area contributed by atoms with Crippen LogP contribution in [0.4, 0.5) is 0 Å². The molecule has 6 nitrogen and oxygen atoms in total. The van der Waals surface area contributed by atoms with Crippen LogP contribution >= 0.6 is 0 Å². The summed E-state index contributed by atoms with van der Waals surface area (Å²) in [6, 6.07) is 54.2. The summed E-state index contributed by atoms with van der Waals surface area (Å²) in [5.74, 6) is 0.748. The lowest BCUT2D eigenvalue weighted by molar-refractivity contribution is 0.473. The van der Waals surface area contributed by atoms with Crippen molar-refractivity contribution in [3.63, 3.8) is 0 Å². The van der Waals surface area contributed by atoms with Crippen molar-refractivity contribution in [1.82, 2.24) is 0 Å². The molecule has 8 aromatic carbocycles. The van der Waals surface area contributed by atoms with Crippen LogP contribution < -0.4 is 0 Å². The third kappa shape index (κ3) is 7.07. The highest BCUT2D eigenvalue weighted by molar-refractivity contribution is 5.90. The first kappa shape index (κ1) is 41.3. The van der Waals surface area contributed by atoms with E-state index in [-0.39, 0.29) is 34.5 Å². The second-order valence-corrected chi connectivity index (χ2v) is 17.1. The van der Waals surface area contributed by atoms with Crippen molar-refractivity contribution in [1.29, 1.82) is 0 Å². The van der Waals surface area contributed by atoms with Gasteiger partial charge >= 0.3 is 0 Å². The molecule has 0 unspecified atom stereocenters. The summed E-state index contributed by atoms with van der Waals surface area (Å²) in [6.45, 7) is 10.9. The molecule has 0 fully saturated rings. The van der Waals surface area contributed by atoms with Crippen LogP contribution in [0.3, 0.4) is 0 Å². The highest BCUT2D eigenvalue weighted by atomic mass is 16.3. The van der Waals surface area contributed by atoms with Gasteiger partial charge in [-0.2, -0.15) is 0 Å². The quantitative estimate of drug-likeness (QED) is 0.0765. The van der Waals surface area contributed by atoms with E-state index in [1.807, 2.05) is 91.0 Å². The van der Waals surface area contributed by atoms with Crippen molar-refractivity contribution >= 4 is 0 Å². The summed E-state index contributed by atoms with van der Waals surface area (Å²) in [7, 11) is 0. The molecule has 0 bridgehead atoms. The van der Waals surface area contributed by atoms with Gasteiger partial charge < -0.3 is 30.6 Å². The van der Waals surface area contributed by atoms with Gasteiger partial charge in [-0.25, -0.2) is 0 Å². The van der Waals surface area contributed by atoms with E-state index in [0.717, 1.165) is 72.3 Å². The monoisotopic (exact) mass is 818 g/mol. The van der Waals surface area contributed by atoms with Crippen molar-refractivity contribution in [3.8, 4) is 56.8 Å². The van der Waals surface area contributed by atoms with E-state index in [1.165, 1.54) is 0 Å². The average molecular weight is 819 g/mol. The zero-order chi connectivity index (χ0) is 44.0. The fourth-order valence-corrected chi connectivity index (χ4v) is 9.57. The Morgan fingerprint density at radius 1 is 0.290 bits per heavy atom. The molecule has 0 saturated carbocycles. The van der Waals surface area contributed by atoms with Gasteiger partial charge in [0.1, 0.15) is 34.5 Å². The number of hydrogen-bond donors (Lipinski definition) is 6. The number of hydrogen-bond acceptors (Lipinski definition) is 6. The molecule has 0 heterocycles. The number of benzene rings is 8. The highest BCUT2D eigenvalue weighted by Crippen LogP contribution is 2.59. The maximum absolute atomic E-state index is 10.9. The van der Waals surface area contributed by atoms with Crippen LogP contribution in [-0.4, -0.2) is 30.6 Å². The van der Waals surface area contributed by atoms with E-state index in [2.05, 4.69) is 46.8 Å². The molecule has 6 N–H and O–H groups in total. The predicted molar refractivity (Wildman–Crippen MR) is 247 cm³/mol. The molecule has 0 aliphatic heterocycles. The number of phenols is 6. The SMILES string of the molecule is Cc1c(-c2ccc(O)cc2)c(C(C)(C)c2ccc(O)cc2)c(C(c2ccccc2)(c2ccc(O)cc2)c2ccc(O)cc2)c(C(C)(C)c2ccc(O)cc2)c1-c1ccc(O)cc1. The smallest absolute Gasteiger partial charge is 0.115 e. The Labute approximate surface area is 363 Å². The van der Waals surface area contributed by atoms with Gasteiger partial charge in [0.05, 0.1) is 5.41 Å². The average Bonchev–Trinajstić information content (AvgIpc) is 3.26. The van der Waals surface area contributed by atoms with E-state index in [9.17, 15) is 30.6 Å². The largest absolute Gasteiger partial charge is 0.508 e. The summed E-state index contributed by atoms with van der Waals surface area (Å²) in [5, 5.41) is 64.6. The summed E-state index contributed by atoms with van der Waals surface area (Å²) < 4.78 is 0. The van der Waals surface area contributed by atoms with Gasteiger partial charge in [-0.15, -0.1) is 0 Å². The maximum atomic E-state index is 10.9. The molecular weight excluding hydrogens is 769 g/mol. The molecule has 0 saturated heterocycles. The summed E-state index contributed by atoms with van der Waals surface area (Å²) in [4.78, 5) is 0. The summed E-state index contributed by atoms with van der Waals surface area (Å²) >= 11 is 0. The van der Waals surface area contributed by atoms with Gasteiger partial charge in [0.15, 0.2) is 0 Å². The zero-order valence-electron chi connectivity index (χ0n) is 35.4. The lowest BCUT2D eigenvalue weighted by atomic mass is 9.54. The first-order valence-corrected chi connectivity index (χ1v) is 20.7. The molecule has 0 aromatic heterocycles. The minimum absolute atomic E-state index is 0.106. The third-order valence-electron chi connectivity index (χ3n) is 12.7. The second-order valence-electron chi connectivity index (χ2n) is 17.1. The molecule has 0 atom stereocenters. The molecular formula is C56H50O6. The lowest BCUT2D eigenvalue weighted by Crippen LogP contribution is -2.40. The molecule has 0 amide bonds. The van der Waals surface area contributed by atoms with Gasteiger partial charge in [0, 0.05) is 10.8 Å². The Hall–Kier alpha value is -7.44. The summed E-state index contributed by atoms with van der Waals surface area (Å²) in [6.07, 6.45) is 0. The van der Waals surface area contributed by atoms with E-state index in [0.29, 0.717) is 0 Å². The number of phenolic OH excluding ortho intramolecular Hbond substituents is 6. The van der Waals surface area contributed by atoms with Crippen molar-refractivity contribution in [2.75, 3.05) is 0 Å². The van der Waals surface area contributed by atoms with E-state index < -0.39 is 16.2 Å². The van der Waals surface area contributed by atoms with Gasteiger partial charge in [0.25, 0.3) is 0 Å². The Morgan fingerprint density at radius 2 is 0.548 bits per heavy atom. The third-order valence-corrected chi connectivity index (χ3v) is 12.7. The maximum Gasteiger partial charge on any atom is 0.115 e. The Bertz CT molecular complexity index is 2670. The first-order chi connectivity index (χ1) is 29.6. The van der Waals surface area contributed by atoms with Crippen molar-refractivity contribution in [3.05, 3.63) is 226 Å². The second kappa shape index (κ2) is 15.9. The molecule has 62 heavy (non-hydrogen) atoms. The summed E-state index contributed by atoms with van der Waals surface area (Å²) in [5.41, 5.74) is 8.95. The fraction of sp³-hybridized carbons (Fsp3) is 0.143. The Morgan fingerprint density at radius 3 is 0.855 bits per heavy atom. The minimum atomic E-state index is -1.19. The Kier molecular flexibility index (Phi) is 10.6. The molecule has 8 rings (SSSR count). The number of rotatable bonds is 10. The van der Waals surface area contributed by atoms with E-state index in [1.54, 1.807) is 72.8 Å². The molecule has 0 aliphatic rings. The van der Waals surface area contributed by atoms with Gasteiger partial charge in [-0.05, 0) is 152 Å². The van der Waals surface area contributed by atoms with Gasteiger partial charge in [-0.1, -0.05) is 131 Å². The molecule has 0 aliphatic carbocycles. The van der Waals surface area contributed by atoms with Crippen molar-refractivity contribution < 1.29 is 30.6 Å². The van der Waals surface area contributed by atoms with E-state index >= 15 is 0 Å². The van der Waals surface area contributed by atoms with Gasteiger partial charge in [0.2, 0.25) is 0 Å². The Balaban J connectivity index is 1.77. The van der Waals surface area contributed by atoms with Crippen LogP contribution in [0, 0.1) is 6.92 Å². The highest BCUT2D eigenvalue weighted by Gasteiger charge is 2.49. The lowest BCUT2D eigenvalue weighted by Gasteiger charge is -2.47. The van der Waals surface area contributed by atoms with Gasteiger partial charge in [-0.3, -0.25) is 0 Å². The van der Waals surface area contributed by atoms with Crippen LogP contribution in [-0.2, 0) is 16.2 Å². The van der Waals surface area contributed by atoms with Crippen LogP contribution in [0.25, 0.3) is 22.3 Å². The molecule has 310 valence electrons. The zero-order valence-corrected chi connectivity index (χ0v) is 35.4. The molecule has 0 spiro atoms. The topological polar surface area (TPSA) is 121 Å². The van der Waals surface area contributed by atoms with Crippen LogP contribution in [0.1, 0.15) is 77.8 Å². The first-order valence-electron chi connectivity index (χ1n) is 20.7. The van der Waals surface area contributed by atoms with Crippen LogP contribution in [0.15, 0.2) is 176 Å².